The first-order valence-electron chi connectivity index (χ1n) is 7.02. The predicted octanol–water partition coefficient (Wildman–Crippen LogP) is 1.78. The van der Waals surface area contributed by atoms with Gasteiger partial charge in [-0.3, -0.25) is 14.9 Å². The number of pyridine rings is 1. The molecule has 1 amide bonds. The van der Waals surface area contributed by atoms with Gasteiger partial charge in [-0.25, -0.2) is 0 Å². The highest BCUT2D eigenvalue weighted by molar-refractivity contribution is 7.71. The molecule has 0 saturated heterocycles. The maximum atomic E-state index is 12.2. The molecule has 2 heterocycles. The lowest BCUT2D eigenvalue weighted by Gasteiger charge is -2.06. The van der Waals surface area contributed by atoms with Crippen molar-refractivity contribution in [2.24, 2.45) is 5.92 Å². The Hall–Kier alpha value is -2.02. The minimum atomic E-state index is 0.0474. The zero-order valence-electron chi connectivity index (χ0n) is 11.7. The Morgan fingerprint density at radius 2 is 2.48 bits per heavy atom. The second kappa shape index (κ2) is 5.77. The summed E-state index contributed by atoms with van der Waals surface area (Å²) in [6, 6.07) is 3.93. The summed E-state index contributed by atoms with van der Waals surface area (Å²) in [7, 11) is 0. The van der Waals surface area contributed by atoms with Gasteiger partial charge in [-0.05, 0) is 43.1 Å². The lowest BCUT2D eigenvalue weighted by molar-refractivity contribution is -0.122. The van der Waals surface area contributed by atoms with E-state index in [2.05, 4.69) is 20.5 Å². The van der Waals surface area contributed by atoms with Crippen LogP contribution in [0.5, 0.6) is 0 Å². The first-order valence-corrected chi connectivity index (χ1v) is 7.43. The lowest BCUT2D eigenvalue weighted by atomic mass is 10.1. The topological polar surface area (TPSA) is 75.6 Å². The molecule has 0 aromatic carbocycles. The fraction of sp³-hybridized carbons (Fsp3) is 0.429. The molecule has 6 nitrogen and oxygen atoms in total. The first kappa shape index (κ1) is 13.9. The molecule has 0 aliphatic heterocycles. The number of aromatic amines is 1. The Balaban J connectivity index is 1.57. The van der Waals surface area contributed by atoms with Crippen LogP contribution in [0.2, 0.25) is 0 Å². The van der Waals surface area contributed by atoms with E-state index in [-0.39, 0.29) is 11.8 Å². The maximum absolute atomic E-state index is 12.2. The highest BCUT2D eigenvalue weighted by Gasteiger charge is 2.43. The predicted molar refractivity (Wildman–Crippen MR) is 80.0 cm³/mol. The smallest absolute Gasteiger partial charge is 0.224 e. The van der Waals surface area contributed by atoms with Crippen molar-refractivity contribution >= 4 is 18.1 Å². The Labute approximate surface area is 127 Å². The van der Waals surface area contributed by atoms with Gasteiger partial charge in [0.05, 0.1) is 6.54 Å². The summed E-state index contributed by atoms with van der Waals surface area (Å²) in [5.74, 6) is 1.17. The van der Waals surface area contributed by atoms with Gasteiger partial charge in [-0.15, -0.1) is 0 Å². The van der Waals surface area contributed by atoms with Crippen LogP contribution >= 0.6 is 12.2 Å². The molecule has 1 fully saturated rings. The van der Waals surface area contributed by atoms with Crippen molar-refractivity contribution in [3.05, 3.63) is 40.7 Å². The van der Waals surface area contributed by atoms with Crippen molar-refractivity contribution in [2.75, 3.05) is 0 Å². The van der Waals surface area contributed by atoms with E-state index in [0.29, 0.717) is 17.2 Å². The Kier molecular flexibility index (Phi) is 3.83. The van der Waals surface area contributed by atoms with E-state index in [9.17, 15) is 4.79 Å². The Morgan fingerprint density at radius 1 is 1.62 bits per heavy atom. The zero-order chi connectivity index (χ0) is 14.8. The van der Waals surface area contributed by atoms with Gasteiger partial charge in [-0.2, -0.15) is 5.10 Å². The minimum Gasteiger partial charge on any atom is -0.349 e. The molecule has 110 valence electrons. The van der Waals surface area contributed by atoms with Crippen molar-refractivity contribution in [1.29, 1.82) is 0 Å². The molecule has 2 N–H and O–H groups in total. The third kappa shape index (κ3) is 2.87. The standard InChI is InChI=1S/C14H17N5OS/c1-2-19-12(17-18-14(19)21)8-16-13(20)11-6-10(11)9-4-3-5-15-7-9/h3-5,7,10-11H,2,6,8H2,1H3,(H,16,20)(H,18,21)/t10-,11-/m0/s1. The molecule has 7 heteroatoms. The molecule has 0 spiro atoms. The van der Waals surface area contributed by atoms with Crippen molar-refractivity contribution in [3.8, 4) is 0 Å². The van der Waals surface area contributed by atoms with Crippen LogP contribution in [0.3, 0.4) is 0 Å². The number of hydrogen-bond acceptors (Lipinski definition) is 4. The highest BCUT2D eigenvalue weighted by atomic mass is 32.1. The van der Waals surface area contributed by atoms with Crippen LogP contribution < -0.4 is 5.32 Å². The fourth-order valence-corrected chi connectivity index (χ4v) is 2.84. The first-order chi connectivity index (χ1) is 10.2. The van der Waals surface area contributed by atoms with Gasteiger partial charge < -0.3 is 9.88 Å². The second-order valence-corrected chi connectivity index (χ2v) is 5.53. The summed E-state index contributed by atoms with van der Waals surface area (Å²) in [5, 5.41) is 9.82. The summed E-state index contributed by atoms with van der Waals surface area (Å²) in [6.07, 6.45) is 4.47. The number of rotatable bonds is 5. The summed E-state index contributed by atoms with van der Waals surface area (Å²) in [4.78, 5) is 16.3. The van der Waals surface area contributed by atoms with Crippen LogP contribution in [0, 0.1) is 10.7 Å². The van der Waals surface area contributed by atoms with Crippen LogP contribution in [0.15, 0.2) is 24.5 Å². The molecule has 0 radical (unpaired) electrons. The van der Waals surface area contributed by atoms with Crippen molar-refractivity contribution < 1.29 is 4.79 Å². The second-order valence-electron chi connectivity index (χ2n) is 5.14. The summed E-state index contributed by atoms with van der Waals surface area (Å²) < 4.78 is 2.46. The van der Waals surface area contributed by atoms with E-state index in [1.807, 2.05) is 29.8 Å². The molecule has 2 aromatic heterocycles. The molecular formula is C14H17N5OS. The number of hydrogen-bond donors (Lipinski definition) is 2. The lowest BCUT2D eigenvalue weighted by Crippen LogP contribution is -2.26. The number of carbonyl (C=O) groups excluding carboxylic acids is 1. The number of nitrogens with zero attached hydrogens (tertiary/aromatic N) is 3. The van der Waals surface area contributed by atoms with Crippen molar-refractivity contribution in [2.45, 2.75) is 32.4 Å². The SMILES string of the molecule is CCn1c(CNC(=O)[C@H]2C[C@H]2c2cccnc2)n[nH]c1=S. The zero-order valence-corrected chi connectivity index (χ0v) is 12.6. The molecule has 2 aromatic rings. The summed E-state index contributed by atoms with van der Waals surface area (Å²) in [6.45, 7) is 3.13. The number of carbonyl (C=O) groups is 1. The van der Waals surface area contributed by atoms with E-state index >= 15 is 0 Å². The minimum absolute atomic E-state index is 0.0474. The van der Waals surface area contributed by atoms with Crippen LogP contribution in [0.1, 0.15) is 30.7 Å². The molecule has 2 atom stereocenters. The average Bonchev–Trinajstić information content (AvgIpc) is 3.24. The number of nitrogens with one attached hydrogen (secondary N) is 2. The van der Waals surface area contributed by atoms with Crippen LogP contribution in [-0.2, 0) is 17.9 Å². The Bertz CT molecular complexity index is 693. The Morgan fingerprint density at radius 3 is 3.19 bits per heavy atom. The number of amides is 1. The van der Waals surface area contributed by atoms with E-state index in [1.165, 1.54) is 0 Å². The molecule has 0 unspecified atom stereocenters. The van der Waals surface area contributed by atoms with Crippen LogP contribution in [0.4, 0.5) is 0 Å². The maximum Gasteiger partial charge on any atom is 0.224 e. The van der Waals surface area contributed by atoms with Gasteiger partial charge in [0.15, 0.2) is 10.6 Å². The molecular weight excluding hydrogens is 286 g/mol. The van der Waals surface area contributed by atoms with Gasteiger partial charge in [0.25, 0.3) is 0 Å². The molecule has 0 bridgehead atoms. The van der Waals surface area contributed by atoms with Crippen LogP contribution in [0.25, 0.3) is 0 Å². The van der Waals surface area contributed by atoms with Crippen molar-refractivity contribution in [3.63, 3.8) is 0 Å². The molecule has 21 heavy (non-hydrogen) atoms. The molecule has 1 saturated carbocycles. The monoisotopic (exact) mass is 303 g/mol. The van der Waals surface area contributed by atoms with Crippen molar-refractivity contribution in [1.82, 2.24) is 25.1 Å². The molecule has 1 aliphatic rings. The highest BCUT2D eigenvalue weighted by Crippen LogP contribution is 2.47. The van der Waals surface area contributed by atoms with Gasteiger partial charge in [0.2, 0.25) is 5.91 Å². The van der Waals surface area contributed by atoms with Gasteiger partial charge in [0, 0.05) is 24.9 Å². The van der Waals surface area contributed by atoms with E-state index in [1.54, 1.807) is 6.20 Å². The average molecular weight is 303 g/mol. The molecule has 3 rings (SSSR count). The van der Waals surface area contributed by atoms with E-state index < -0.39 is 0 Å². The largest absolute Gasteiger partial charge is 0.349 e. The van der Waals surface area contributed by atoms with E-state index in [4.69, 9.17) is 12.2 Å². The third-order valence-electron chi connectivity index (χ3n) is 3.81. The number of H-pyrrole nitrogens is 1. The summed E-state index contributed by atoms with van der Waals surface area (Å²) >= 11 is 5.12. The van der Waals surface area contributed by atoms with Gasteiger partial charge in [-0.1, -0.05) is 6.07 Å². The number of aromatic nitrogens is 4. The quantitative estimate of drug-likeness (QED) is 0.826. The summed E-state index contributed by atoms with van der Waals surface area (Å²) in [5.41, 5.74) is 1.13. The fourth-order valence-electron chi connectivity index (χ4n) is 2.56. The van der Waals surface area contributed by atoms with Crippen LogP contribution in [-0.4, -0.2) is 25.7 Å². The normalized spacial score (nSPS) is 20.2. The van der Waals surface area contributed by atoms with Gasteiger partial charge in [0.1, 0.15) is 0 Å². The van der Waals surface area contributed by atoms with E-state index in [0.717, 1.165) is 24.4 Å². The third-order valence-corrected chi connectivity index (χ3v) is 4.13. The molecule has 1 aliphatic carbocycles. The van der Waals surface area contributed by atoms with Gasteiger partial charge >= 0.3 is 0 Å².